The molecule has 1 aliphatic rings. The van der Waals surface area contributed by atoms with Crippen molar-refractivity contribution in [3.8, 4) is 0 Å². The second kappa shape index (κ2) is 7.04. The quantitative estimate of drug-likeness (QED) is 0.679. The van der Waals surface area contributed by atoms with Crippen LogP contribution in [-0.4, -0.2) is 61.2 Å². The van der Waals surface area contributed by atoms with Gasteiger partial charge in [-0.05, 0) is 25.1 Å². The molecule has 1 aliphatic heterocycles. The average Bonchev–Trinajstić information content (AvgIpc) is 2.95. The van der Waals surface area contributed by atoms with Crippen molar-refractivity contribution in [3.05, 3.63) is 40.8 Å². The van der Waals surface area contributed by atoms with E-state index in [1.54, 1.807) is 30.7 Å². The van der Waals surface area contributed by atoms with E-state index < -0.39 is 20.0 Å². The third-order valence-electron chi connectivity index (χ3n) is 4.32. The number of benzene rings is 1. The van der Waals surface area contributed by atoms with Gasteiger partial charge in [0.2, 0.25) is 10.0 Å². The van der Waals surface area contributed by atoms with Crippen LogP contribution < -0.4 is 0 Å². The maximum absolute atomic E-state index is 12.7. The molecule has 0 bridgehead atoms. The van der Waals surface area contributed by atoms with Crippen LogP contribution in [0.4, 0.5) is 0 Å². The predicted octanol–water partition coefficient (Wildman–Crippen LogP) is 1.19. The minimum atomic E-state index is -3.73. The van der Waals surface area contributed by atoms with Gasteiger partial charge in [0.15, 0.2) is 5.03 Å². The third-order valence-corrected chi connectivity index (χ3v) is 8.48. The highest BCUT2D eigenvalue weighted by atomic mass is 79.9. The fourth-order valence-electron chi connectivity index (χ4n) is 2.71. The maximum atomic E-state index is 12.7. The second-order valence-corrected chi connectivity index (χ2v) is 10.7. The Morgan fingerprint density at radius 2 is 1.58 bits per heavy atom. The van der Waals surface area contributed by atoms with E-state index in [-0.39, 0.29) is 36.1 Å². The number of hydrogen-bond acceptors (Lipinski definition) is 5. The first-order valence-electron chi connectivity index (χ1n) is 7.88. The van der Waals surface area contributed by atoms with Gasteiger partial charge in [-0.15, -0.1) is 0 Å². The summed E-state index contributed by atoms with van der Waals surface area (Å²) in [5.41, 5.74) is 0. The van der Waals surface area contributed by atoms with Crippen molar-refractivity contribution >= 4 is 36.0 Å². The largest absolute Gasteiger partial charge is 0.337 e. The van der Waals surface area contributed by atoms with Crippen LogP contribution in [0.25, 0.3) is 0 Å². The minimum absolute atomic E-state index is 0.0132. The Bertz CT molecular complexity index is 1010. The van der Waals surface area contributed by atoms with Gasteiger partial charge < -0.3 is 4.57 Å². The normalized spacial score (nSPS) is 17.5. The lowest BCUT2D eigenvalue weighted by Gasteiger charge is -2.32. The van der Waals surface area contributed by atoms with Crippen molar-refractivity contribution in [2.45, 2.75) is 16.8 Å². The summed E-state index contributed by atoms with van der Waals surface area (Å²) in [6.07, 6.45) is 1.47. The smallest absolute Gasteiger partial charge is 0.262 e. The molecule has 0 amide bonds. The molecule has 2 heterocycles. The molecule has 26 heavy (non-hydrogen) atoms. The van der Waals surface area contributed by atoms with Crippen molar-refractivity contribution in [2.75, 3.05) is 26.2 Å². The first-order valence-corrected chi connectivity index (χ1v) is 11.6. The van der Waals surface area contributed by atoms with Crippen LogP contribution in [0.3, 0.4) is 0 Å². The average molecular weight is 463 g/mol. The van der Waals surface area contributed by atoms with E-state index in [4.69, 9.17) is 0 Å². The summed E-state index contributed by atoms with van der Waals surface area (Å²) < 4.78 is 55.8. The number of hydrogen-bond donors (Lipinski definition) is 0. The standard InChI is InChI=1S/C15H19BrN4O4S2/c1-12-17-15(11-18(12)2)26(23,24)20-8-6-19(7-9-20)25(21,22)14-5-3-4-13(16)10-14/h3-5,10-11H,6-9H2,1-2H3. The molecule has 0 atom stereocenters. The van der Waals surface area contributed by atoms with Gasteiger partial charge in [0, 0.05) is 43.9 Å². The van der Waals surface area contributed by atoms with Crippen LogP contribution in [-0.2, 0) is 27.1 Å². The Hall–Kier alpha value is -1.27. The number of nitrogens with zero attached hydrogens (tertiary/aromatic N) is 4. The van der Waals surface area contributed by atoms with Gasteiger partial charge in [0.25, 0.3) is 10.0 Å². The van der Waals surface area contributed by atoms with Gasteiger partial charge in [0.05, 0.1) is 4.90 Å². The van der Waals surface area contributed by atoms with Gasteiger partial charge in [-0.1, -0.05) is 22.0 Å². The molecule has 1 fully saturated rings. The zero-order valence-electron chi connectivity index (χ0n) is 14.3. The molecule has 1 aromatic carbocycles. The molecule has 8 nitrogen and oxygen atoms in total. The number of rotatable bonds is 4. The molecule has 0 aliphatic carbocycles. The van der Waals surface area contributed by atoms with E-state index in [1.807, 2.05) is 0 Å². The molecule has 1 saturated heterocycles. The van der Waals surface area contributed by atoms with Crippen LogP contribution in [0.15, 0.2) is 44.9 Å². The molecule has 0 radical (unpaired) electrons. The molecule has 11 heteroatoms. The minimum Gasteiger partial charge on any atom is -0.337 e. The second-order valence-electron chi connectivity index (χ2n) is 6.00. The Kier molecular flexibility index (Phi) is 5.28. The van der Waals surface area contributed by atoms with Crippen molar-refractivity contribution in [1.29, 1.82) is 0 Å². The fourth-order valence-corrected chi connectivity index (χ4v) is 6.18. The summed E-state index contributed by atoms with van der Waals surface area (Å²) >= 11 is 3.27. The van der Waals surface area contributed by atoms with E-state index in [2.05, 4.69) is 20.9 Å². The third kappa shape index (κ3) is 3.58. The molecule has 0 spiro atoms. The van der Waals surface area contributed by atoms with Crippen LogP contribution in [0, 0.1) is 6.92 Å². The molecular weight excluding hydrogens is 444 g/mol. The summed E-state index contributed by atoms with van der Waals surface area (Å²) in [6, 6.07) is 6.47. The summed E-state index contributed by atoms with van der Waals surface area (Å²) in [6.45, 7) is 2.09. The molecular formula is C15H19BrN4O4S2. The molecule has 0 N–H and O–H groups in total. The van der Waals surface area contributed by atoms with Gasteiger partial charge in [0.1, 0.15) is 5.82 Å². The number of halogens is 1. The number of sulfonamides is 2. The Morgan fingerprint density at radius 3 is 2.08 bits per heavy atom. The van der Waals surface area contributed by atoms with Gasteiger partial charge in [-0.25, -0.2) is 21.8 Å². The monoisotopic (exact) mass is 462 g/mol. The lowest BCUT2D eigenvalue weighted by atomic mass is 10.4. The Labute approximate surface area is 161 Å². The number of piperazine rings is 1. The van der Waals surface area contributed by atoms with Gasteiger partial charge in [-0.3, -0.25) is 0 Å². The van der Waals surface area contributed by atoms with Crippen LogP contribution in [0.5, 0.6) is 0 Å². The summed E-state index contributed by atoms with van der Waals surface area (Å²) in [4.78, 5) is 4.26. The van der Waals surface area contributed by atoms with Crippen LogP contribution >= 0.6 is 15.9 Å². The Morgan fingerprint density at radius 1 is 1.00 bits per heavy atom. The molecule has 0 saturated carbocycles. The van der Waals surface area contributed by atoms with Crippen molar-refractivity contribution < 1.29 is 16.8 Å². The topological polar surface area (TPSA) is 92.6 Å². The van der Waals surface area contributed by atoms with Crippen molar-refractivity contribution in [1.82, 2.24) is 18.2 Å². The number of aryl methyl sites for hydroxylation is 2. The fraction of sp³-hybridized carbons (Fsp3) is 0.400. The van der Waals surface area contributed by atoms with Crippen molar-refractivity contribution in [2.24, 2.45) is 7.05 Å². The van der Waals surface area contributed by atoms with Gasteiger partial charge >= 0.3 is 0 Å². The zero-order chi connectivity index (χ0) is 19.1. The van der Waals surface area contributed by atoms with Gasteiger partial charge in [-0.2, -0.15) is 8.61 Å². The lowest BCUT2D eigenvalue weighted by molar-refractivity contribution is 0.272. The van der Waals surface area contributed by atoms with E-state index in [1.165, 1.54) is 26.9 Å². The highest BCUT2D eigenvalue weighted by Gasteiger charge is 2.34. The number of imidazole rings is 1. The first-order chi connectivity index (χ1) is 12.1. The molecule has 0 unspecified atom stereocenters. The maximum Gasteiger partial charge on any atom is 0.262 e. The SMILES string of the molecule is Cc1nc(S(=O)(=O)N2CCN(S(=O)(=O)c3cccc(Br)c3)CC2)cn1C. The molecule has 2 aromatic rings. The van der Waals surface area contributed by atoms with E-state index in [0.717, 1.165) is 0 Å². The van der Waals surface area contributed by atoms with E-state index in [0.29, 0.717) is 10.3 Å². The highest BCUT2D eigenvalue weighted by molar-refractivity contribution is 9.10. The van der Waals surface area contributed by atoms with E-state index >= 15 is 0 Å². The summed E-state index contributed by atoms with van der Waals surface area (Å²) in [5, 5.41) is -0.0132. The predicted molar refractivity (Wildman–Crippen MR) is 99.6 cm³/mol. The molecule has 3 rings (SSSR count). The first kappa shape index (κ1) is 19.5. The molecule has 1 aromatic heterocycles. The zero-order valence-corrected chi connectivity index (χ0v) is 17.6. The molecule has 142 valence electrons. The van der Waals surface area contributed by atoms with Crippen LogP contribution in [0.2, 0.25) is 0 Å². The van der Waals surface area contributed by atoms with E-state index in [9.17, 15) is 16.8 Å². The summed E-state index contributed by atoms with van der Waals surface area (Å²) in [7, 11) is -5.66. The highest BCUT2D eigenvalue weighted by Crippen LogP contribution is 2.23. The van der Waals surface area contributed by atoms with Crippen molar-refractivity contribution in [3.63, 3.8) is 0 Å². The lowest BCUT2D eigenvalue weighted by Crippen LogP contribution is -2.50. The number of aromatic nitrogens is 2. The summed E-state index contributed by atoms with van der Waals surface area (Å²) in [5.74, 6) is 0.597. The van der Waals surface area contributed by atoms with Crippen LogP contribution in [0.1, 0.15) is 5.82 Å². The Balaban J connectivity index is 1.77.